The molecule has 0 bridgehead atoms. The van der Waals surface area contributed by atoms with Gasteiger partial charge in [0.1, 0.15) is 5.76 Å². The average molecular weight is 275 g/mol. The highest BCUT2D eigenvalue weighted by Crippen LogP contribution is 2.13. The molecule has 0 saturated carbocycles. The first-order valence-corrected chi connectivity index (χ1v) is 6.04. The van der Waals surface area contributed by atoms with Crippen LogP contribution in [0.5, 0.6) is 0 Å². The third kappa shape index (κ3) is 4.82. The average Bonchev–Trinajstić information content (AvgIpc) is 2.58. The zero-order valence-corrected chi connectivity index (χ0v) is 11.2. The van der Waals surface area contributed by atoms with E-state index in [4.69, 9.17) is 4.42 Å². The van der Waals surface area contributed by atoms with Crippen molar-refractivity contribution in [3.8, 4) is 0 Å². The van der Waals surface area contributed by atoms with Crippen LogP contribution in [0.1, 0.15) is 19.6 Å². The first-order valence-electron chi connectivity index (χ1n) is 5.24. The maximum absolute atomic E-state index is 5.38. The summed E-state index contributed by atoms with van der Waals surface area (Å²) in [6, 6.07) is 4.49. The number of nitrogens with one attached hydrogen (secondary N) is 1. The van der Waals surface area contributed by atoms with E-state index in [-0.39, 0.29) is 0 Å². The molecule has 0 aromatic carbocycles. The van der Waals surface area contributed by atoms with Crippen molar-refractivity contribution < 1.29 is 4.42 Å². The first-order chi connectivity index (χ1) is 7.09. The molecule has 1 heterocycles. The van der Waals surface area contributed by atoms with Gasteiger partial charge in [0, 0.05) is 19.1 Å². The summed E-state index contributed by atoms with van der Waals surface area (Å²) in [5.41, 5.74) is 0. The number of furan rings is 1. The Morgan fingerprint density at radius 3 is 2.73 bits per heavy atom. The molecule has 0 saturated heterocycles. The molecular weight excluding hydrogens is 256 g/mol. The summed E-state index contributed by atoms with van der Waals surface area (Å²) in [4.78, 5) is 2.31. The van der Waals surface area contributed by atoms with E-state index in [0.717, 1.165) is 30.1 Å². The van der Waals surface area contributed by atoms with Crippen LogP contribution >= 0.6 is 15.9 Å². The summed E-state index contributed by atoms with van der Waals surface area (Å²) in [7, 11) is 2.13. The van der Waals surface area contributed by atoms with E-state index in [1.165, 1.54) is 0 Å². The van der Waals surface area contributed by atoms with Gasteiger partial charge in [-0.2, -0.15) is 0 Å². The lowest BCUT2D eigenvalue weighted by Crippen LogP contribution is -2.33. The molecule has 4 heteroatoms. The van der Waals surface area contributed by atoms with Crippen LogP contribution in [0.3, 0.4) is 0 Å². The van der Waals surface area contributed by atoms with Crippen molar-refractivity contribution in [3.63, 3.8) is 0 Å². The van der Waals surface area contributed by atoms with Crippen molar-refractivity contribution in [1.29, 1.82) is 0 Å². The molecule has 15 heavy (non-hydrogen) atoms. The van der Waals surface area contributed by atoms with E-state index in [2.05, 4.69) is 47.0 Å². The fraction of sp³-hybridized carbons (Fsp3) is 0.636. The Kier molecular flexibility index (Phi) is 5.36. The fourth-order valence-electron chi connectivity index (χ4n) is 1.17. The Balaban J connectivity index is 2.12. The molecule has 0 atom stereocenters. The summed E-state index contributed by atoms with van der Waals surface area (Å²) in [6.45, 7) is 7.22. The Labute approximate surface area is 100.0 Å². The third-order valence-electron chi connectivity index (χ3n) is 2.45. The van der Waals surface area contributed by atoms with Crippen molar-refractivity contribution in [2.75, 3.05) is 20.1 Å². The number of likely N-dealkylation sites (N-methyl/N-ethyl adjacent to an activating group) is 1. The molecule has 0 spiro atoms. The zero-order valence-electron chi connectivity index (χ0n) is 9.59. The molecule has 0 aliphatic carbocycles. The predicted octanol–water partition coefficient (Wildman–Crippen LogP) is 2.47. The van der Waals surface area contributed by atoms with E-state index in [1.807, 2.05) is 12.1 Å². The monoisotopic (exact) mass is 274 g/mol. The summed E-state index contributed by atoms with van der Waals surface area (Å²) in [5, 5.41) is 3.34. The molecule has 1 rings (SSSR count). The van der Waals surface area contributed by atoms with Crippen LogP contribution in [-0.2, 0) is 6.54 Å². The molecule has 0 radical (unpaired) electrons. The van der Waals surface area contributed by atoms with Gasteiger partial charge in [-0.3, -0.25) is 0 Å². The summed E-state index contributed by atoms with van der Waals surface area (Å²) in [6.07, 6.45) is 0. The van der Waals surface area contributed by atoms with Gasteiger partial charge in [0.2, 0.25) is 0 Å². The van der Waals surface area contributed by atoms with Crippen molar-refractivity contribution in [1.82, 2.24) is 10.2 Å². The number of hydrogen-bond donors (Lipinski definition) is 1. The van der Waals surface area contributed by atoms with Gasteiger partial charge in [-0.1, -0.05) is 0 Å². The topological polar surface area (TPSA) is 28.4 Å². The molecular formula is C11H19BrN2O. The molecule has 1 N–H and O–H groups in total. The second-order valence-corrected chi connectivity index (χ2v) is 4.74. The Morgan fingerprint density at radius 2 is 2.20 bits per heavy atom. The van der Waals surface area contributed by atoms with Gasteiger partial charge in [-0.25, -0.2) is 0 Å². The minimum absolute atomic E-state index is 0.601. The predicted molar refractivity (Wildman–Crippen MR) is 65.9 cm³/mol. The SMILES string of the molecule is CC(C)N(C)CCNCc1ccc(Br)o1. The number of nitrogens with zero attached hydrogens (tertiary/aromatic N) is 1. The smallest absolute Gasteiger partial charge is 0.169 e. The van der Waals surface area contributed by atoms with Gasteiger partial charge in [0.05, 0.1) is 6.54 Å². The zero-order chi connectivity index (χ0) is 11.3. The second-order valence-electron chi connectivity index (χ2n) is 3.96. The van der Waals surface area contributed by atoms with E-state index >= 15 is 0 Å². The van der Waals surface area contributed by atoms with Gasteiger partial charge in [-0.15, -0.1) is 0 Å². The van der Waals surface area contributed by atoms with Crippen LogP contribution in [0.25, 0.3) is 0 Å². The van der Waals surface area contributed by atoms with Crippen molar-refractivity contribution in [3.05, 3.63) is 22.6 Å². The van der Waals surface area contributed by atoms with Gasteiger partial charge in [-0.05, 0) is 49.0 Å². The molecule has 86 valence electrons. The number of halogens is 1. The van der Waals surface area contributed by atoms with Crippen molar-refractivity contribution in [2.24, 2.45) is 0 Å². The molecule has 0 aliphatic heterocycles. The van der Waals surface area contributed by atoms with Crippen LogP contribution in [0, 0.1) is 0 Å². The molecule has 0 unspecified atom stereocenters. The second kappa shape index (κ2) is 6.30. The van der Waals surface area contributed by atoms with Gasteiger partial charge in [0.25, 0.3) is 0 Å². The third-order valence-corrected chi connectivity index (χ3v) is 2.88. The lowest BCUT2D eigenvalue weighted by atomic mass is 10.3. The van der Waals surface area contributed by atoms with E-state index in [0.29, 0.717) is 6.04 Å². The van der Waals surface area contributed by atoms with Crippen molar-refractivity contribution in [2.45, 2.75) is 26.4 Å². The van der Waals surface area contributed by atoms with Crippen LogP contribution in [0.4, 0.5) is 0 Å². The highest BCUT2D eigenvalue weighted by molar-refractivity contribution is 9.10. The van der Waals surface area contributed by atoms with Gasteiger partial charge >= 0.3 is 0 Å². The molecule has 0 amide bonds. The Hall–Kier alpha value is -0.320. The number of hydrogen-bond acceptors (Lipinski definition) is 3. The highest BCUT2D eigenvalue weighted by Gasteiger charge is 2.02. The first kappa shape index (κ1) is 12.7. The summed E-state index contributed by atoms with van der Waals surface area (Å²) >= 11 is 3.28. The highest BCUT2D eigenvalue weighted by atomic mass is 79.9. The van der Waals surface area contributed by atoms with Gasteiger partial charge < -0.3 is 14.6 Å². The van der Waals surface area contributed by atoms with E-state index in [1.54, 1.807) is 0 Å². The standard InChI is InChI=1S/C11H19BrN2O/c1-9(2)14(3)7-6-13-8-10-4-5-11(12)15-10/h4-5,9,13H,6-8H2,1-3H3. The quantitative estimate of drug-likeness (QED) is 0.808. The summed E-state index contributed by atoms with van der Waals surface area (Å²) in [5.74, 6) is 0.967. The van der Waals surface area contributed by atoms with E-state index < -0.39 is 0 Å². The maximum Gasteiger partial charge on any atom is 0.169 e. The molecule has 0 fully saturated rings. The summed E-state index contributed by atoms with van der Waals surface area (Å²) < 4.78 is 6.17. The molecule has 0 aliphatic rings. The lowest BCUT2D eigenvalue weighted by Gasteiger charge is -2.20. The van der Waals surface area contributed by atoms with Crippen LogP contribution in [0.2, 0.25) is 0 Å². The van der Waals surface area contributed by atoms with Gasteiger partial charge in [0.15, 0.2) is 4.67 Å². The fourth-order valence-corrected chi connectivity index (χ4v) is 1.51. The minimum atomic E-state index is 0.601. The van der Waals surface area contributed by atoms with Crippen LogP contribution in [0.15, 0.2) is 21.2 Å². The number of rotatable bonds is 6. The van der Waals surface area contributed by atoms with E-state index in [9.17, 15) is 0 Å². The lowest BCUT2D eigenvalue weighted by molar-refractivity contribution is 0.272. The minimum Gasteiger partial charge on any atom is -0.453 e. The normalized spacial score (nSPS) is 11.6. The van der Waals surface area contributed by atoms with Crippen LogP contribution < -0.4 is 5.32 Å². The maximum atomic E-state index is 5.38. The molecule has 3 nitrogen and oxygen atoms in total. The van der Waals surface area contributed by atoms with Crippen LogP contribution in [-0.4, -0.2) is 31.1 Å². The Morgan fingerprint density at radius 1 is 1.47 bits per heavy atom. The molecule has 1 aromatic rings. The Bertz CT molecular complexity index is 286. The molecule has 1 aromatic heterocycles. The largest absolute Gasteiger partial charge is 0.453 e. The van der Waals surface area contributed by atoms with Crippen molar-refractivity contribution >= 4 is 15.9 Å².